The zero-order chi connectivity index (χ0) is 6.69. The lowest BCUT2D eigenvalue weighted by Gasteiger charge is -1.72. The van der Waals surface area contributed by atoms with E-state index < -0.39 is 0 Å². The molecule has 0 aliphatic carbocycles. The van der Waals surface area contributed by atoms with Gasteiger partial charge in [-0.2, -0.15) is 0 Å². The largest absolute Gasteiger partial charge is 0.491 e. The van der Waals surface area contributed by atoms with Gasteiger partial charge in [-0.25, -0.2) is 0 Å². The Labute approximate surface area is 52.6 Å². The monoisotopic (exact) mass is 125 g/mol. The standard InChI is InChI=1S/C6H7NO2/c1-2-3-5-4-6(8)7-9-5/h2-4H,1H3,(H,7,8)/b3-2+. The van der Waals surface area contributed by atoms with Crippen LogP contribution in [-0.4, -0.2) is 10.3 Å². The van der Waals surface area contributed by atoms with Gasteiger partial charge in [-0.3, -0.25) is 0 Å². The van der Waals surface area contributed by atoms with Gasteiger partial charge in [0.25, 0.3) is 5.88 Å². The minimum Gasteiger partial charge on any atom is -0.491 e. The van der Waals surface area contributed by atoms with Gasteiger partial charge >= 0.3 is 0 Å². The number of aromatic hydroxyl groups is 1. The van der Waals surface area contributed by atoms with Gasteiger partial charge < -0.3 is 9.63 Å². The summed E-state index contributed by atoms with van der Waals surface area (Å²) in [7, 11) is 0. The van der Waals surface area contributed by atoms with E-state index in [2.05, 4.69) is 9.68 Å². The average Bonchev–Trinajstić information content (AvgIpc) is 2.17. The van der Waals surface area contributed by atoms with Crippen LogP contribution in [0.3, 0.4) is 0 Å². The first kappa shape index (κ1) is 5.88. The molecule has 0 unspecified atom stereocenters. The van der Waals surface area contributed by atoms with Gasteiger partial charge in [0.05, 0.1) is 0 Å². The van der Waals surface area contributed by atoms with Crippen molar-refractivity contribution in [2.24, 2.45) is 0 Å². The molecule has 0 atom stereocenters. The first-order valence-electron chi connectivity index (χ1n) is 2.61. The second kappa shape index (κ2) is 2.35. The maximum atomic E-state index is 8.64. The normalized spacial score (nSPS) is 10.8. The minimum absolute atomic E-state index is 0.0805. The lowest BCUT2D eigenvalue weighted by molar-refractivity contribution is 0.356. The van der Waals surface area contributed by atoms with Gasteiger partial charge in [0.15, 0.2) is 5.76 Å². The Kier molecular flexibility index (Phi) is 1.53. The number of rotatable bonds is 1. The van der Waals surface area contributed by atoms with Crippen molar-refractivity contribution < 1.29 is 9.63 Å². The summed E-state index contributed by atoms with van der Waals surface area (Å²) in [4.78, 5) is 0. The number of allylic oxidation sites excluding steroid dienone is 1. The molecule has 0 radical (unpaired) electrons. The van der Waals surface area contributed by atoms with Gasteiger partial charge in [-0.15, -0.1) is 0 Å². The van der Waals surface area contributed by atoms with E-state index in [1.807, 2.05) is 6.92 Å². The zero-order valence-electron chi connectivity index (χ0n) is 5.03. The molecule has 0 amide bonds. The first-order valence-corrected chi connectivity index (χ1v) is 2.61. The Hall–Kier alpha value is -1.25. The van der Waals surface area contributed by atoms with Crippen molar-refractivity contribution in [3.63, 3.8) is 0 Å². The number of aromatic nitrogens is 1. The van der Waals surface area contributed by atoms with Crippen LogP contribution in [0, 0.1) is 0 Å². The van der Waals surface area contributed by atoms with Crippen LogP contribution in [0.2, 0.25) is 0 Å². The smallest absolute Gasteiger partial charge is 0.252 e. The van der Waals surface area contributed by atoms with E-state index in [4.69, 9.17) is 5.11 Å². The fraction of sp³-hybridized carbons (Fsp3) is 0.167. The highest BCUT2D eigenvalue weighted by molar-refractivity contribution is 5.42. The van der Waals surface area contributed by atoms with E-state index in [1.54, 1.807) is 12.2 Å². The van der Waals surface area contributed by atoms with Crippen LogP contribution in [0.5, 0.6) is 5.88 Å². The third kappa shape index (κ3) is 1.32. The Balaban J connectivity index is 2.85. The lowest BCUT2D eigenvalue weighted by Crippen LogP contribution is -1.55. The molecule has 9 heavy (non-hydrogen) atoms. The second-order valence-corrected chi connectivity index (χ2v) is 1.59. The lowest BCUT2D eigenvalue weighted by atomic mass is 10.4. The van der Waals surface area contributed by atoms with Crippen molar-refractivity contribution >= 4 is 6.08 Å². The van der Waals surface area contributed by atoms with E-state index in [0.717, 1.165) is 0 Å². The van der Waals surface area contributed by atoms with E-state index in [9.17, 15) is 0 Å². The number of nitrogens with zero attached hydrogens (tertiary/aromatic N) is 1. The van der Waals surface area contributed by atoms with Crippen molar-refractivity contribution in [3.8, 4) is 5.88 Å². The molecule has 0 spiro atoms. The van der Waals surface area contributed by atoms with Gasteiger partial charge in [-0.05, 0) is 18.2 Å². The molecular weight excluding hydrogens is 118 g/mol. The van der Waals surface area contributed by atoms with E-state index >= 15 is 0 Å². The van der Waals surface area contributed by atoms with E-state index in [0.29, 0.717) is 5.76 Å². The summed E-state index contributed by atoms with van der Waals surface area (Å²) in [5.41, 5.74) is 0. The maximum absolute atomic E-state index is 8.64. The van der Waals surface area contributed by atoms with Gasteiger partial charge in [-0.1, -0.05) is 6.08 Å². The molecular formula is C6H7NO2. The highest BCUT2D eigenvalue weighted by Gasteiger charge is 1.94. The van der Waals surface area contributed by atoms with Gasteiger partial charge in [0, 0.05) is 6.07 Å². The van der Waals surface area contributed by atoms with Crippen LogP contribution in [-0.2, 0) is 0 Å². The maximum Gasteiger partial charge on any atom is 0.252 e. The molecule has 1 heterocycles. The third-order valence-corrected chi connectivity index (χ3v) is 0.847. The first-order chi connectivity index (χ1) is 4.33. The summed E-state index contributed by atoms with van der Waals surface area (Å²) >= 11 is 0. The summed E-state index contributed by atoms with van der Waals surface area (Å²) in [5, 5.41) is 11.9. The second-order valence-electron chi connectivity index (χ2n) is 1.59. The highest BCUT2D eigenvalue weighted by Crippen LogP contribution is 2.09. The third-order valence-electron chi connectivity index (χ3n) is 0.847. The predicted octanol–water partition coefficient (Wildman–Crippen LogP) is 1.41. The molecule has 1 aromatic heterocycles. The molecule has 3 nitrogen and oxygen atoms in total. The molecule has 0 saturated carbocycles. The summed E-state index contributed by atoms with van der Waals surface area (Å²) in [6, 6.07) is 1.44. The fourth-order valence-electron chi connectivity index (χ4n) is 0.522. The Morgan fingerprint density at radius 3 is 3.00 bits per heavy atom. The van der Waals surface area contributed by atoms with Crippen LogP contribution < -0.4 is 0 Å². The molecule has 0 aromatic carbocycles. The number of hydrogen-bond donors (Lipinski definition) is 1. The summed E-state index contributed by atoms with van der Waals surface area (Å²) in [5.74, 6) is 0.484. The van der Waals surface area contributed by atoms with Crippen molar-refractivity contribution in [1.29, 1.82) is 0 Å². The zero-order valence-corrected chi connectivity index (χ0v) is 5.03. The molecule has 1 rings (SSSR count). The average molecular weight is 125 g/mol. The summed E-state index contributed by atoms with van der Waals surface area (Å²) < 4.78 is 4.62. The number of hydrogen-bond acceptors (Lipinski definition) is 3. The Bertz CT molecular complexity index is 215. The Morgan fingerprint density at radius 2 is 2.56 bits per heavy atom. The quantitative estimate of drug-likeness (QED) is 0.617. The highest BCUT2D eigenvalue weighted by atomic mass is 16.5. The fourth-order valence-corrected chi connectivity index (χ4v) is 0.522. The molecule has 0 fully saturated rings. The van der Waals surface area contributed by atoms with Crippen molar-refractivity contribution in [2.45, 2.75) is 6.92 Å². The molecule has 0 aliphatic heterocycles. The summed E-state index contributed by atoms with van der Waals surface area (Å²) in [6.45, 7) is 1.86. The molecule has 48 valence electrons. The van der Waals surface area contributed by atoms with Gasteiger partial charge in [0.1, 0.15) is 0 Å². The SMILES string of the molecule is C/C=C/c1cc(O)no1. The van der Waals surface area contributed by atoms with Crippen LogP contribution in [0.1, 0.15) is 12.7 Å². The van der Waals surface area contributed by atoms with Gasteiger partial charge in [0.2, 0.25) is 0 Å². The molecule has 0 aliphatic rings. The molecule has 3 heteroatoms. The molecule has 1 N–H and O–H groups in total. The van der Waals surface area contributed by atoms with E-state index in [-0.39, 0.29) is 5.88 Å². The van der Waals surface area contributed by atoms with Crippen LogP contribution in [0.4, 0.5) is 0 Å². The topological polar surface area (TPSA) is 46.3 Å². The van der Waals surface area contributed by atoms with E-state index in [1.165, 1.54) is 6.07 Å². The van der Waals surface area contributed by atoms with Crippen molar-refractivity contribution in [2.75, 3.05) is 0 Å². The Morgan fingerprint density at radius 1 is 1.78 bits per heavy atom. The minimum atomic E-state index is -0.0805. The molecule has 0 bridgehead atoms. The predicted molar refractivity (Wildman–Crippen MR) is 32.9 cm³/mol. The van der Waals surface area contributed by atoms with Crippen LogP contribution >= 0.6 is 0 Å². The van der Waals surface area contributed by atoms with Crippen LogP contribution in [0.15, 0.2) is 16.7 Å². The molecule has 0 saturated heterocycles. The van der Waals surface area contributed by atoms with Crippen LogP contribution in [0.25, 0.3) is 6.08 Å². The summed E-state index contributed by atoms with van der Waals surface area (Å²) in [6.07, 6.45) is 3.52. The molecule has 1 aromatic rings. The van der Waals surface area contributed by atoms with Crippen molar-refractivity contribution in [1.82, 2.24) is 5.16 Å². The van der Waals surface area contributed by atoms with Crippen molar-refractivity contribution in [3.05, 3.63) is 17.9 Å².